The van der Waals surface area contributed by atoms with Crippen molar-refractivity contribution in [2.75, 3.05) is 20.3 Å². The molecule has 0 aromatic rings. The van der Waals surface area contributed by atoms with E-state index in [4.69, 9.17) is 9.47 Å². The molecule has 0 amide bonds. The second-order valence-corrected chi connectivity index (χ2v) is 9.18. The van der Waals surface area contributed by atoms with Crippen molar-refractivity contribution in [3.8, 4) is 0 Å². The molecule has 2 rings (SSSR count). The molecule has 31 heavy (non-hydrogen) atoms. The smallest absolute Gasteiger partial charge is 0.305 e. The largest absolute Gasteiger partial charge is 0.469 e. The van der Waals surface area contributed by atoms with Gasteiger partial charge in [0.15, 0.2) is 5.79 Å². The second kappa shape index (κ2) is 14.2. The molecular weight excluding hydrogens is 396 g/mol. The number of hydrogen-bond donors (Lipinski definition) is 2. The molecular formula is C25H44O6. The van der Waals surface area contributed by atoms with Crippen LogP contribution in [0.2, 0.25) is 0 Å². The summed E-state index contributed by atoms with van der Waals surface area (Å²) in [6.45, 7) is 3.51. The van der Waals surface area contributed by atoms with Crippen molar-refractivity contribution >= 4 is 5.97 Å². The van der Waals surface area contributed by atoms with Crippen LogP contribution < -0.4 is 0 Å². The van der Waals surface area contributed by atoms with Crippen LogP contribution in [0.4, 0.5) is 0 Å². The van der Waals surface area contributed by atoms with Crippen molar-refractivity contribution < 1.29 is 29.2 Å². The normalized spacial score (nSPS) is 27.9. The lowest BCUT2D eigenvalue weighted by Crippen LogP contribution is -2.33. The highest BCUT2D eigenvalue weighted by molar-refractivity contribution is 5.69. The van der Waals surface area contributed by atoms with Gasteiger partial charge in [-0.25, -0.2) is 0 Å². The van der Waals surface area contributed by atoms with Gasteiger partial charge in [0.1, 0.15) is 0 Å². The number of esters is 1. The maximum atomic E-state index is 11.2. The number of unbranched alkanes of at least 4 members (excludes halogenated alkanes) is 5. The van der Waals surface area contributed by atoms with Gasteiger partial charge in [-0.2, -0.15) is 0 Å². The van der Waals surface area contributed by atoms with E-state index in [9.17, 15) is 15.0 Å². The summed E-state index contributed by atoms with van der Waals surface area (Å²) in [5, 5.41) is 21.1. The molecule has 180 valence electrons. The van der Waals surface area contributed by atoms with Gasteiger partial charge in [-0.1, -0.05) is 44.8 Å². The number of methoxy groups -OCH3 is 1. The van der Waals surface area contributed by atoms with E-state index >= 15 is 0 Å². The molecule has 6 heteroatoms. The molecule has 1 saturated carbocycles. The molecule has 4 atom stereocenters. The van der Waals surface area contributed by atoms with Gasteiger partial charge in [-0.15, -0.1) is 0 Å². The lowest BCUT2D eigenvalue weighted by atomic mass is 9.85. The number of allylic oxidation sites excluding steroid dienone is 2. The SMILES string of the molecule is CCCCCCCC1(CCC2C(O)CC(O)[C@@H]2CC=CCCCC(=O)OC)OCCO1. The van der Waals surface area contributed by atoms with E-state index in [1.165, 1.54) is 32.8 Å². The van der Waals surface area contributed by atoms with Crippen molar-refractivity contribution in [1.82, 2.24) is 0 Å². The predicted octanol–water partition coefficient (Wildman–Crippen LogP) is 4.52. The highest BCUT2D eigenvalue weighted by atomic mass is 16.7. The molecule has 0 aromatic heterocycles. The van der Waals surface area contributed by atoms with Crippen LogP contribution in [0.25, 0.3) is 0 Å². The number of carbonyl (C=O) groups excluding carboxylic acids is 1. The molecule has 2 fully saturated rings. The molecule has 0 aromatic carbocycles. The molecule has 1 aliphatic heterocycles. The summed E-state index contributed by atoms with van der Waals surface area (Å²) < 4.78 is 16.7. The fourth-order valence-electron chi connectivity index (χ4n) is 5.04. The molecule has 0 bridgehead atoms. The molecule has 1 saturated heterocycles. The van der Waals surface area contributed by atoms with Crippen LogP contribution >= 0.6 is 0 Å². The summed E-state index contributed by atoms with van der Waals surface area (Å²) in [6, 6.07) is 0. The van der Waals surface area contributed by atoms with E-state index in [1.54, 1.807) is 0 Å². The van der Waals surface area contributed by atoms with Crippen LogP contribution in [0.5, 0.6) is 0 Å². The van der Waals surface area contributed by atoms with Crippen molar-refractivity contribution in [1.29, 1.82) is 0 Å². The quantitative estimate of drug-likeness (QED) is 0.221. The monoisotopic (exact) mass is 440 g/mol. The first-order valence-electron chi connectivity index (χ1n) is 12.4. The van der Waals surface area contributed by atoms with Gasteiger partial charge in [-0.3, -0.25) is 4.79 Å². The van der Waals surface area contributed by atoms with Gasteiger partial charge in [0, 0.05) is 19.3 Å². The Balaban J connectivity index is 1.80. The van der Waals surface area contributed by atoms with Gasteiger partial charge in [0.25, 0.3) is 0 Å². The Kier molecular flexibility index (Phi) is 12.1. The number of aliphatic hydroxyl groups excluding tert-OH is 2. The summed E-state index contributed by atoms with van der Waals surface area (Å²) in [7, 11) is 1.41. The van der Waals surface area contributed by atoms with Gasteiger partial charge >= 0.3 is 5.97 Å². The Hall–Kier alpha value is -0.950. The fourth-order valence-corrected chi connectivity index (χ4v) is 5.04. The molecule has 2 aliphatic rings. The fraction of sp³-hybridized carbons (Fsp3) is 0.880. The number of aliphatic hydroxyl groups is 2. The number of rotatable bonds is 15. The molecule has 3 unspecified atom stereocenters. The topological polar surface area (TPSA) is 85.2 Å². The van der Waals surface area contributed by atoms with Crippen LogP contribution in [0, 0.1) is 11.8 Å². The molecule has 0 spiro atoms. The first-order chi connectivity index (χ1) is 15.0. The van der Waals surface area contributed by atoms with Crippen molar-refractivity contribution in [2.45, 2.75) is 108 Å². The molecule has 6 nitrogen and oxygen atoms in total. The summed E-state index contributed by atoms with van der Waals surface area (Å²) in [5.41, 5.74) is 0. The van der Waals surface area contributed by atoms with E-state index in [2.05, 4.69) is 23.8 Å². The molecule has 2 N–H and O–H groups in total. The number of hydrogen-bond acceptors (Lipinski definition) is 6. The standard InChI is InChI=1S/C25H44O6/c1-3-4-5-8-11-15-25(30-17-18-31-25)16-14-21-20(22(26)19-23(21)27)12-9-6-7-10-13-24(28)29-2/h6,9,20-23,26-27H,3-5,7-8,10-19H2,1-2H3/t20-,21?,22?,23?/m1/s1. The average molecular weight is 441 g/mol. The minimum absolute atomic E-state index is 0.0508. The zero-order valence-corrected chi connectivity index (χ0v) is 19.6. The van der Waals surface area contributed by atoms with Crippen LogP contribution in [-0.4, -0.2) is 54.5 Å². The van der Waals surface area contributed by atoms with Crippen molar-refractivity contribution in [3.63, 3.8) is 0 Å². The Morgan fingerprint density at radius 1 is 1.00 bits per heavy atom. The molecule has 1 aliphatic carbocycles. The average Bonchev–Trinajstić information content (AvgIpc) is 3.33. The van der Waals surface area contributed by atoms with E-state index in [0.717, 1.165) is 44.9 Å². The van der Waals surface area contributed by atoms with Crippen LogP contribution in [0.3, 0.4) is 0 Å². The second-order valence-electron chi connectivity index (χ2n) is 9.18. The minimum atomic E-state index is -0.506. The first-order valence-corrected chi connectivity index (χ1v) is 12.4. The lowest BCUT2D eigenvalue weighted by Gasteiger charge is -2.31. The number of carbonyl (C=O) groups is 1. The Morgan fingerprint density at radius 2 is 1.71 bits per heavy atom. The Morgan fingerprint density at radius 3 is 2.42 bits per heavy atom. The third kappa shape index (κ3) is 8.83. The molecule has 0 radical (unpaired) electrons. The van der Waals surface area contributed by atoms with Crippen molar-refractivity contribution in [3.05, 3.63) is 12.2 Å². The first kappa shape index (κ1) is 26.3. The number of ether oxygens (including phenoxy) is 3. The van der Waals surface area contributed by atoms with E-state index < -0.39 is 18.0 Å². The predicted molar refractivity (Wildman–Crippen MR) is 120 cm³/mol. The zero-order chi connectivity index (χ0) is 22.5. The van der Waals surface area contributed by atoms with Crippen LogP contribution in [0.1, 0.15) is 90.4 Å². The van der Waals surface area contributed by atoms with E-state index in [-0.39, 0.29) is 17.8 Å². The summed E-state index contributed by atoms with van der Waals surface area (Å²) in [6.07, 6.45) is 14.9. The summed E-state index contributed by atoms with van der Waals surface area (Å²) in [4.78, 5) is 11.2. The van der Waals surface area contributed by atoms with E-state index in [1.807, 2.05) is 0 Å². The third-order valence-electron chi connectivity index (χ3n) is 6.91. The van der Waals surface area contributed by atoms with Gasteiger partial charge < -0.3 is 24.4 Å². The van der Waals surface area contributed by atoms with Gasteiger partial charge in [0.05, 0.1) is 32.5 Å². The highest BCUT2D eigenvalue weighted by Gasteiger charge is 2.43. The van der Waals surface area contributed by atoms with Gasteiger partial charge in [0.2, 0.25) is 0 Å². The van der Waals surface area contributed by atoms with E-state index in [0.29, 0.717) is 26.1 Å². The Labute approximate surface area is 188 Å². The molecule has 1 heterocycles. The van der Waals surface area contributed by atoms with Crippen molar-refractivity contribution in [2.24, 2.45) is 11.8 Å². The minimum Gasteiger partial charge on any atom is -0.469 e. The van der Waals surface area contributed by atoms with Crippen LogP contribution in [0.15, 0.2) is 12.2 Å². The zero-order valence-electron chi connectivity index (χ0n) is 19.6. The third-order valence-corrected chi connectivity index (χ3v) is 6.91. The maximum absolute atomic E-state index is 11.2. The summed E-state index contributed by atoms with van der Waals surface area (Å²) >= 11 is 0. The Bertz CT molecular complexity index is 528. The van der Waals surface area contributed by atoms with Crippen LogP contribution in [-0.2, 0) is 19.0 Å². The highest BCUT2D eigenvalue weighted by Crippen LogP contribution is 2.41. The summed E-state index contributed by atoms with van der Waals surface area (Å²) in [5.74, 6) is -0.582. The lowest BCUT2D eigenvalue weighted by molar-refractivity contribution is -0.171. The maximum Gasteiger partial charge on any atom is 0.305 e. The van der Waals surface area contributed by atoms with Gasteiger partial charge in [-0.05, 0) is 50.4 Å².